The maximum atomic E-state index is 10.8. The lowest BCUT2D eigenvalue weighted by Gasteiger charge is -2.32. The number of hydrogen-bond acceptors (Lipinski definition) is 2. The molecular formula is C21H18O2. The van der Waals surface area contributed by atoms with E-state index in [9.17, 15) is 4.79 Å². The van der Waals surface area contributed by atoms with E-state index in [1.54, 1.807) is 12.1 Å². The minimum Gasteiger partial charge on any atom is -0.478 e. The van der Waals surface area contributed by atoms with Gasteiger partial charge in [-0.15, -0.1) is 0 Å². The van der Waals surface area contributed by atoms with Crippen molar-refractivity contribution in [1.29, 1.82) is 0 Å². The predicted octanol–water partition coefficient (Wildman–Crippen LogP) is 4.84. The summed E-state index contributed by atoms with van der Waals surface area (Å²) in [5.74, 6) is 0.728. The van der Waals surface area contributed by atoms with Crippen LogP contribution in [0.5, 0.6) is 5.75 Å². The van der Waals surface area contributed by atoms with E-state index in [2.05, 4.69) is 31.2 Å². The van der Waals surface area contributed by atoms with Crippen molar-refractivity contribution in [3.05, 3.63) is 102 Å². The van der Waals surface area contributed by atoms with Gasteiger partial charge in [0, 0.05) is 5.56 Å². The Balaban J connectivity index is 2.03. The Hall–Kier alpha value is -2.87. The normalized spacial score (nSPS) is 11.0. The molecule has 0 saturated carbocycles. The van der Waals surface area contributed by atoms with E-state index in [0.717, 1.165) is 23.2 Å². The first kappa shape index (κ1) is 15.0. The lowest BCUT2D eigenvalue weighted by atomic mass is 9.88. The third kappa shape index (κ3) is 3.16. The molecule has 0 aliphatic heterocycles. The van der Waals surface area contributed by atoms with Gasteiger partial charge in [-0.05, 0) is 42.3 Å². The van der Waals surface area contributed by atoms with Crippen LogP contribution in [0.2, 0.25) is 0 Å². The Morgan fingerprint density at radius 2 is 1.22 bits per heavy atom. The van der Waals surface area contributed by atoms with E-state index < -0.39 is 5.60 Å². The summed E-state index contributed by atoms with van der Waals surface area (Å²) in [4.78, 5) is 10.8. The highest BCUT2D eigenvalue weighted by Gasteiger charge is 2.31. The van der Waals surface area contributed by atoms with Gasteiger partial charge >= 0.3 is 0 Å². The lowest BCUT2D eigenvalue weighted by molar-refractivity contribution is 0.112. The van der Waals surface area contributed by atoms with Crippen molar-refractivity contribution in [3.8, 4) is 5.75 Å². The molecule has 0 aliphatic carbocycles. The second-order valence-corrected chi connectivity index (χ2v) is 5.55. The van der Waals surface area contributed by atoms with Crippen molar-refractivity contribution < 1.29 is 9.53 Å². The number of aldehydes is 1. The summed E-state index contributed by atoms with van der Waals surface area (Å²) in [5.41, 5.74) is 2.18. The molecule has 3 rings (SSSR count). The van der Waals surface area contributed by atoms with Gasteiger partial charge in [0.2, 0.25) is 0 Å². The average Bonchev–Trinajstić information content (AvgIpc) is 2.64. The summed E-state index contributed by atoms with van der Waals surface area (Å²) in [6, 6.07) is 27.5. The fourth-order valence-electron chi connectivity index (χ4n) is 2.65. The van der Waals surface area contributed by atoms with Gasteiger partial charge in [0.05, 0.1) is 0 Å². The average molecular weight is 302 g/mol. The number of carbonyl (C=O) groups excluding carboxylic acids is 1. The van der Waals surface area contributed by atoms with Gasteiger partial charge in [-0.1, -0.05) is 60.7 Å². The van der Waals surface area contributed by atoms with Crippen molar-refractivity contribution in [3.63, 3.8) is 0 Å². The molecule has 0 N–H and O–H groups in total. The Morgan fingerprint density at radius 3 is 1.65 bits per heavy atom. The molecule has 23 heavy (non-hydrogen) atoms. The summed E-state index contributed by atoms with van der Waals surface area (Å²) >= 11 is 0. The molecule has 0 aromatic heterocycles. The molecule has 0 saturated heterocycles. The zero-order valence-electron chi connectivity index (χ0n) is 13.0. The van der Waals surface area contributed by atoms with Gasteiger partial charge in [0.1, 0.15) is 12.0 Å². The highest BCUT2D eigenvalue weighted by Crippen LogP contribution is 2.34. The molecule has 0 aliphatic rings. The van der Waals surface area contributed by atoms with Crippen molar-refractivity contribution in [2.24, 2.45) is 0 Å². The zero-order valence-corrected chi connectivity index (χ0v) is 13.0. The van der Waals surface area contributed by atoms with Crippen LogP contribution in [0.4, 0.5) is 0 Å². The molecule has 0 fully saturated rings. The van der Waals surface area contributed by atoms with Crippen molar-refractivity contribution >= 4 is 6.29 Å². The Labute approximate surface area is 136 Å². The third-order valence-corrected chi connectivity index (χ3v) is 3.99. The van der Waals surface area contributed by atoms with E-state index in [1.165, 1.54) is 0 Å². The molecule has 0 heterocycles. The first-order chi connectivity index (χ1) is 11.2. The van der Waals surface area contributed by atoms with Crippen LogP contribution in [0, 0.1) is 0 Å². The maximum absolute atomic E-state index is 10.8. The summed E-state index contributed by atoms with van der Waals surface area (Å²) in [6.07, 6.45) is 0.831. The first-order valence-electron chi connectivity index (χ1n) is 7.58. The van der Waals surface area contributed by atoms with E-state index >= 15 is 0 Å². The van der Waals surface area contributed by atoms with Gasteiger partial charge in [0.15, 0.2) is 5.60 Å². The van der Waals surface area contributed by atoms with Gasteiger partial charge in [-0.3, -0.25) is 4.79 Å². The van der Waals surface area contributed by atoms with Gasteiger partial charge in [-0.2, -0.15) is 0 Å². The first-order valence-corrected chi connectivity index (χ1v) is 7.58. The molecule has 2 heteroatoms. The Kier molecular flexibility index (Phi) is 4.24. The molecule has 114 valence electrons. The molecular weight excluding hydrogens is 284 g/mol. The number of ether oxygens (including phenoxy) is 1. The molecule has 0 amide bonds. The summed E-state index contributed by atoms with van der Waals surface area (Å²) in [6.45, 7) is 2.06. The van der Waals surface area contributed by atoms with Crippen molar-refractivity contribution in [1.82, 2.24) is 0 Å². The van der Waals surface area contributed by atoms with Crippen molar-refractivity contribution in [2.75, 3.05) is 0 Å². The lowest BCUT2D eigenvalue weighted by Crippen LogP contribution is -2.30. The standard InChI is InChI=1S/C21H18O2/c1-21(18-8-4-2-5-9-18,19-10-6-3-7-11-19)23-20-14-12-17(16-22)13-15-20/h2-16H,1H3. The summed E-state index contributed by atoms with van der Waals surface area (Å²) in [7, 11) is 0. The fourth-order valence-corrected chi connectivity index (χ4v) is 2.65. The summed E-state index contributed by atoms with van der Waals surface area (Å²) < 4.78 is 6.36. The Bertz CT molecular complexity index is 722. The van der Waals surface area contributed by atoms with Gasteiger partial charge < -0.3 is 4.74 Å². The largest absolute Gasteiger partial charge is 0.478 e. The van der Waals surface area contributed by atoms with Crippen LogP contribution in [0.15, 0.2) is 84.9 Å². The molecule has 3 aromatic rings. The molecule has 3 aromatic carbocycles. The van der Waals surface area contributed by atoms with Crippen LogP contribution in [0.1, 0.15) is 28.4 Å². The predicted molar refractivity (Wildman–Crippen MR) is 91.8 cm³/mol. The van der Waals surface area contributed by atoms with Crippen LogP contribution in [-0.2, 0) is 5.60 Å². The third-order valence-electron chi connectivity index (χ3n) is 3.99. The van der Waals surface area contributed by atoms with Crippen LogP contribution in [0.3, 0.4) is 0 Å². The quantitative estimate of drug-likeness (QED) is 0.630. The van der Waals surface area contributed by atoms with Crippen molar-refractivity contribution in [2.45, 2.75) is 12.5 Å². The SMILES string of the molecule is CC(Oc1ccc(C=O)cc1)(c1ccccc1)c1ccccc1. The number of rotatable bonds is 5. The van der Waals surface area contributed by atoms with E-state index in [4.69, 9.17) is 4.74 Å². The highest BCUT2D eigenvalue weighted by molar-refractivity contribution is 5.74. The Morgan fingerprint density at radius 1 is 0.739 bits per heavy atom. The monoisotopic (exact) mass is 302 g/mol. The molecule has 0 spiro atoms. The maximum Gasteiger partial charge on any atom is 0.156 e. The number of hydrogen-bond donors (Lipinski definition) is 0. The molecule has 0 atom stereocenters. The van der Waals surface area contributed by atoms with E-state index in [-0.39, 0.29) is 0 Å². The zero-order chi connectivity index (χ0) is 16.1. The van der Waals surface area contributed by atoms with Crippen LogP contribution < -0.4 is 4.74 Å². The van der Waals surface area contributed by atoms with E-state index in [0.29, 0.717) is 5.56 Å². The fraction of sp³-hybridized carbons (Fsp3) is 0.0952. The molecule has 0 bridgehead atoms. The number of benzene rings is 3. The second-order valence-electron chi connectivity index (χ2n) is 5.55. The van der Waals surface area contributed by atoms with Crippen LogP contribution in [0.25, 0.3) is 0 Å². The second kappa shape index (κ2) is 6.49. The summed E-state index contributed by atoms with van der Waals surface area (Å²) in [5, 5.41) is 0. The smallest absolute Gasteiger partial charge is 0.156 e. The highest BCUT2D eigenvalue weighted by atomic mass is 16.5. The van der Waals surface area contributed by atoms with Crippen LogP contribution >= 0.6 is 0 Å². The topological polar surface area (TPSA) is 26.3 Å². The number of carbonyl (C=O) groups is 1. The molecule has 2 nitrogen and oxygen atoms in total. The van der Waals surface area contributed by atoms with Gasteiger partial charge in [-0.25, -0.2) is 0 Å². The van der Waals surface area contributed by atoms with Crippen LogP contribution in [-0.4, -0.2) is 6.29 Å². The van der Waals surface area contributed by atoms with Gasteiger partial charge in [0.25, 0.3) is 0 Å². The van der Waals surface area contributed by atoms with E-state index in [1.807, 2.05) is 48.5 Å². The minimum atomic E-state index is -0.606. The molecule has 0 unspecified atom stereocenters. The molecule has 0 radical (unpaired) electrons. The minimum absolute atomic E-state index is 0.606.